The van der Waals surface area contributed by atoms with Crippen LogP contribution in [0.5, 0.6) is 0 Å². The lowest BCUT2D eigenvalue weighted by Crippen LogP contribution is -2.44. The van der Waals surface area contributed by atoms with Gasteiger partial charge >= 0.3 is 0 Å². The first-order valence-electron chi connectivity index (χ1n) is 5.88. The maximum absolute atomic E-state index is 11.4. The third-order valence-electron chi connectivity index (χ3n) is 2.95. The number of nitrogens with zero attached hydrogens (tertiary/aromatic N) is 1. The Morgan fingerprint density at radius 1 is 1.31 bits per heavy atom. The predicted octanol–water partition coefficient (Wildman–Crippen LogP) is -0.419. The Balaban J connectivity index is 2.26. The lowest BCUT2D eigenvalue weighted by Gasteiger charge is -2.30. The molecule has 0 aromatic rings. The number of piperidine rings is 1. The van der Waals surface area contributed by atoms with Crippen LogP contribution < -0.4 is 10.6 Å². The van der Waals surface area contributed by atoms with Crippen LogP contribution in [-0.2, 0) is 9.59 Å². The Bertz CT molecular complexity index is 248. The van der Waals surface area contributed by atoms with Crippen molar-refractivity contribution in [1.29, 1.82) is 0 Å². The average Bonchev–Trinajstić information content (AvgIpc) is 2.29. The summed E-state index contributed by atoms with van der Waals surface area (Å²) in [6, 6.07) is 0. The molecule has 1 saturated heterocycles. The third-order valence-corrected chi connectivity index (χ3v) is 2.95. The van der Waals surface area contributed by atoms with Crippen LogP contribution in [0.4, 0.5) is 0 Å². The van der Waals surface area contributed by atoms with E-state index in [4.69, 9.17) is 0 Å². The van der Waals surface area contributed by atoms with Gasteiger partial charge in [-0.1, -0.05) is 0 Å². The molecule has 1 fully saturated rings. The summed E-state index contributed by atoms with van der Waals surface area (Å²) in [5.74, 6) is 0.314. The minimum Gasteiger partial charge on any atom is -0.359 e. The first kappa shape index (κ1) is 13.0. The van der Waals surface area contributed by atoms with Gasteiger partial charge in [-0.05, 0) is 32.9 Å². The van der Waals surface area contributed by atoms with Gasteiger partial charge in [0.05, 0.1) is 6.54 Å². The smallest absolute Gasteiger partial charge is 0.234 e. The molecule has 1 aliphatic heterocycles. The van der Waals surface area contributed by atoms with E-state index in [9.17, 15) is 9.59 Å². The second-order valence-corrected chi connectivity index (χ2v) is 4.12. The summed E-state index contributed by atoms with van der Waals surface area (Å²) in [7, 11) is 1.67. The van der Waals surface area contributed by atoms with Gasteiger partial charge in [-0.2, -0.15) is 0 Å². The van der Waals surface area contributed by atoms with Crippen LogP contribution >= 0.6 is 0 Å². The molecule has 0 bridgehead atoms. The number of hydrogen-bond donors (Lipinski definition) is 2. The maximum Gasteiger partial charge on any atom is 0.234 e. The molecular weight excluding hydrogens is 206 g/mol. The molecule has 0 aliphatic carbocycles. The van der Waals surface area contributed by atoms with Gasteiger partial charge in [0.15, 0.2) is 0 Å². The van der Waals surface area contributed by atoms with Crippen molar-refractivity contribution in [3.05, 3.63) is 0 Å². The Morgan fingerprint density at radius 3 is 2.44 bits per heavy atom. The number of amides is 2. The first-order chi connectivity index (χ1) is 7.67. The summed E-state index contributed by atoms with van der Waals surface area (Å²) < 4.78 is 0. The van der Waals surface area contributed by atoms with E-state index in [0.717, 1.165) is 25.9 Å². The maximum atomic E-state index is 11.4. The molecule has 1 heterocycles. The zero-order valence-electron chi connectivity index (χ0n) is 10.1. The molecule has 92 valence electrons. The van der Waals surface area contributed by atoms with Gasteiger partial charge in [-0.25, -0.2) is 0 Å². The van der Waals surface area contributed by atoms with Gasteiger partial charge in [-0.3, -0.25) is 14.5 Å². The second kappa shape index (κ2) is 6.48. The van der Waals surface area contributed by atoms with Crippen LogP contribution in [-0.4, -0.2) is 49.9 Å². The van der Waals surface area contributed by atoms with Crippen LogP contribution in [0.15, 0.2) is 0 Å². The molecule has 1 rings (SSSR count). The molecule has 0 aromatic carbocycles. The predicted molar refractivity (Wildman–Crippen MR) is 61.9 cm³/mol. The Hall–Kier alpha value is -1.10. The highest BCUT2D eigenvalue weighted by atomic mass is 16.2. The summed E-state index contributed by atoms with van der Waals surface area (Å²) in [5, 5.41) is 5.45. The highest BCUT2D eigenvalue weighted by Gasteiger charge is 2.24. The summed E-state index contributed by atoms with van der Waals surface area (Å²) in [6.45, 7) is 4.70. The van der Waals surface area contributed by atoms with Crippen LogP contribution in [0.1, 0.15) is 19.8 Å². The summed E-state index contributed by atoms with van der Waals surface area (Å²) in [5.41, 5.74) is 0. The van der Waals surface area contributed by atoms with E-state index in [1.165, 1.54) is 0 Å². The van der Waals surface area contributed by atoms with E-state index < -0.39 is 0 Å². The van der Waals surface area contributed by atoms with Crippen molar-refractivity contribution in [2.24, 2.45) is 5.92 Å². The fourth-order valence-electron chi connectivity index (χ4n) is 2.01. The number of rotatable bonds is 4. The van der Waals surface area contributed by atoms with Crippen molar-refractivity contribution < 1.29 is 9.59 Å². The molecule has 16 heavy (non-hydrogen) atoms. The molecule has 0 spiro atoms. The zero-order valence-corrected chi connectivity index (χ0v) is 10.1. The van der Waals surface area contributed by atoms with Gasteiger partial charge in [0.1, 0.15) is 0 Å². The quantitative estimate of drug-likeness (QED) is 0.686. The Morgan fingerprint density at radius 2 is 1.94 bits per heavy atom. The molecule has 1 aliphatic rings. The van der Waals surface area contributed by atoms with Crippen molar-refractivity contribution in [1.82, 2.24) is 15.5 Å². The standard InChI is InChI=1S/C11H21N3O2/c1-3-13-10(15)8-14-6-4-9(5-7-14)11(16)12-2/h9H,3-8H2,1-2H3,(H,12,16)(H,13,15). The van der Waals surface area contributed by atoms with Crippen LogP contribution in [0, 0.1) is 5.92 Å². The number of likely N-dealkylation sites (tertiary alicyclic amines) is 1. The van der Waals surface area contributed by atoms with E-state index in [-0.39, 0.29) is 17.7 Å². The summed E-state index contributed by atoms with van der Waals surface area (Å²) >= 11 is 0. The van der Waals surface area contributed by atoms with Gasteiger partial charge in [0, 0.05) is 19.5 Å². The lowest BCUT2D eigenvalue weighted by molar-refractivity contribution is -0.126. The molecule has 0 aromatic heterocycles. The van der Waals surface area contributed by atoms with Crippen LogP contribution in [0.2, 0.25) is 0 Å². The van der Waals surface area contributed by atoms with Gasteiger partial charge in [0.2, 0.25) is 11.8 Å². The van der Waals surface area contributed by atoms with Crippen LogP contribution in [0.3, 0.4) is 0 Å². The summed E-state index contributed by atoms with van der Waals surface area (Å²) in [4.78, 5) is 24.8. The lowest BCUT2D eigenvalue weighted by atomic mass is 9.96. The zero-order chi connectivity index (χ0) is 12.0. The van der Waals surface area contributed by atoms with E-state index in [0.29, 0.717) is 13.1 Å². The van der Waals surface area contributed by atoms with E-state index in [2.05, 4.69) is 15.5 Å². The van der Waals surface area contributed by atoms with E-state index in [1.807, 2.05) is 6.92 Å². The Labute approximate surface area is 96.6 Å². The summed E-state index contributed by atoms with van der Waals surface area (Å²) in [6.07, 6.45) is 1.69. The van der Waals surface area contributed by atoms with Gasteiger partial charge < -0.3 is 10.6 Å². The fraction of sp³-hybridized carbons (Fsp3) is 0.818. The van der Waals surface area contributed by atoms with Crippen molar-refractivity contribution >= 4 is 11.8 Å². The van der Waals surface area contributed by atoms with Crippen molar-refractivity contribution in [3.63, 3.8) is 0 Å². The topological polar surface area (TPSA) is 61.4 Å². The number of hydrogen-bond acceptors (Lipinski definition) is 3. The van der Waals surface area contributed by atoms with Crippen LogP contribution in [0.25, 0.3) is 0 Å². The normalized spacial score (nSPS) is 18.1. The number of carbonyl (C=O) groups is 2. The number of nitrogens with one attached hydrogen (secondary N) is 2. The monoisotopic (exact) mass is 227 g/mol. The highest BCUT2D eigenvalue weighted by Crippen LogP contribution is 2.16. The molecule has 5 heteroatoms. The van der Waals surface area contributed by atoms with Gasteiger partial charge in [-0.15, -0.1) is 0 Å². The molecular formula is C11H21N3O2. The number of likely N-dealkylation sites (N-methyl/N-ethyl adjacent to an activating group) is 1. The van der Waals surface area contributed by atoms with Gasteiger partial charge in [0.25, 0.3) is 0 Å². The molecule has 0 atom stereocenters. The fourth-order valence-corrected chi connectivity index (χ4v) is 2.01. The van der Waals surface area contributed by atoms with Crippen molar-refractivity contribution in [3.8, 4) is 0 Å². The van der Waals surface area contributed by atoms with E-state index >= 15 is 0 Å². The van der Waals surface area contributed by atoms with Crippen molar-refractivity contribution in [2.75, 3.05) is 33.2 Å². The largest absolute Gasteiger partial charge is 0.359 e. The first-order valence-corrected chi connectivity index (χ1v) is 5.88. The average molecular weight is 227 g/mol. The molecule has 2 amide bonds. The second-order valence-electron chi connectivity index (χ2n) is 4.12. The minimum atomic E-state index is 0.0703. The third kappa shape index (κ3) is 3.81. The molecule has 2 N–H and O–H groups in total. The van der Waals surface area contributed by atoms with Crippen molar-refractivity contribution in [2.45, 2.75) is 19.8 Å². The SMILES string of the molecule is CCNC(=O)CN1CCC(C(=O)NC)CC1. The minimum absolute atomic E-state index is 0.0703. The number of carbonyl (C=O) groups excluding carboxylic acids is 2. The Kier molecular flexibility index (Phi) is 5.25. The molecule has 0 unspecified atom stereocenters. The molecule has 0 saturated carbocycles. The highest BCUT2D eigenvalue weighted by molar-refractivity contribution is 5.79. The van der Waals surface area contributed by atoms with E-state index in [1.54, 1.807) is 7.05 Å². The molecule has 0 radical (unpaired) electrons. The molecule has 5 nitrogen and oxygen atoms in total.